The maximum Gasteiger partial charge on any atom is 0.437 e. The lowest BCUT2D eigenvalue weighted by atomic mass is 10.0. The van der Waals surface area contributed by atoms with E-state index in [1.165, 1.54) is 18.2 Å². The number of benzene rings is 1. The highest BCUT2D eigenvalue weighted by molar-refractivity contribution is 6.48. The van der Waals surface area contributed by atoms with Crippen molar-refractivity contribution in [2.75, 3.05) is 0 Å². The van der Waals surface area contributed by atoms with Crippen molar-refractivity contribution in [2.24, 2.45) is 0 Å². The molecule has 8 heteroatoms. The number of hydrogen-bond acceptors (Lipinski definition) is 2. The SMILES string of the molecule is Oc1c(-c2cc(Cl)c(Cl)c(Cl)c2)ccnc1C(F)(F)F. The van der Waals surface area contributed by atoms with Gasteiger partial charge in [-0.25, -0.2) is 4.98 Å². The molecule has 0 aliphatic rings. The summed E-state index contributed by atoms with van der Waals surface area (Å²) in [6, 6.07) is 3.84. The smallest absolute Gasteiger partial charge is 0.437 e. The Kier molecular flexibility index (Phi) is 4.04. The molecule has 0 aliphatic carbocycles. The average molecular weight is 343 g/mol. The molecule has 0 radical (unpaired) electrons. The standard InChI is InChI=1S/C12H5Cl3F3NO/c13-7-3-5(4-8(14)9(7)15)6-1-2-19-11(10(6)20)12(16,17)18/h1-4,20H. The van der Waals surface area contributed by atoms with E-state index in [1.807, 2.05) is 0 Å². The van der Waals surface area contributed by atoms with E-state index in [4.69, 9.17) is 34.8 Å². The van der Waals surface area contributed by atoms with Crippen LogP contribution in [-0.4, -0.2) is 10.1 Å². The van der Waals surface area contributed by atoms with Gasteiger partial charge in [0.2, 0.25) is 0 Å². The summed E-state index contributed by atoms with van der Waals surface area (Å²) >= 11 is 17.4. The Hall–Kier alpha value is -1.17. The van der Waals surface area contributed by atoms with E-state index < -0.39 is 17.6 Å². The fourth-order valence-electron chi connectivity index (χ4n) is 1.61. The van der Waals surface area contributed by atoms with Gasteiger partial charge in [-0.05, 0) is 23.8 Å². The van der Waals surface area contributed by atoms with Crippen LogP contribution in [0.15, 0.2) is 24.4 Å². The Bertz CT molecular complexity index is 650. The van der Waals surface area contributed by atoms with E-state index >= 15 is 0 Å². The third-order valence-corrected chi connectivity index (χ3v) is 3.68. The van der Waals surface area contributed by atoms with Crippen molar-refractivity contribution in [3.63, 3.8) is 0 Å². The van der Waals surface area contributed by atoms with Gasteiger partial charge in [-0.2, -0.15) is 13.2 Å². The van der Waals surface area contributed by atoms with E-state index in [0.29, 0.717) is 0 Å². The predicted octanol–water partition coefficient (Wildman–Crippen LogP) is 5.43. The summed E-state index contributed by atoms with van der Waals surface area (Å²) in [5, 5.41) is 9.95. The van der Waals surface area contributed by atoms with Crippen LogP contribution in [0.25, 0.3) is 11.1 Å². The monoisotopic (exact) mass is 341 g/mol. The Morgan fingerprint density at radius 3 is 2.10 bits per heavy atom. The van der Waals surface area contributed by atoms with Gasteiger partial charge in [-0.1, -0.05) is 34.8 Å². The van der Waals surface area contributed by atoms with Crippen LogP contribution < -0.4 is 0 Å². The van der Waals surface area contributed by atoms with Crippen LogP contribution in [0.1, 0.15) is 5.69 Å². The van der Waals surface area contributed by atoms with Gasteiger partial charge in [0.25, 0.3) is 0 Å². The summed E-state index contributed by atoms with van der Waals surface area (Å²) in [6.45, 7) is 0. The lowest BCUT2D eigenvalue weighted by molar-refractivity contribution is -0.142. The van der Waals surface area contributed by atoms with Gasteiger partial charge in [0, 0.05) is 11.8 Å². The predicted molar refractivity (Wildman–Crippen MR) is 71.4 cm³/mol. The summed E-state index contributed by atoms with van der Waals surface area (Å²) in [7, 11) is 0. The van der Waals surface area contributed by atoms with Crippen molar-refractivity contribution in [3.8, 4) is 16.9 Å². The molecule has 0 fully saturated rings. The van der Waals surface area contributed by atoms with Crippen molar-refractivity contribution in [3.05, 3.63) is 45.2 Å². The molecule has 1 aromatic carbocycles. The van der Waals surface area contributed by atoms with Crippen molar-refractivity contribution in [1.82, 2.24) is 4.98 Å². The molecule has 0 saturated heterocycles. The highest BCUT2D eigenvalue weighted by atomic mass is 35.5. The minimum absolute atomic E-state index is 0.0685. The molecule has 0 atom stereocenters. The van der Waals surface area contributed by atoms with E-state index in [2.05, 4.69) is 4.98 Å². The van der Waals surface area contributed by atoms with Gasteiger partial charge in [0.15, 0.2) is 11.4 Å². The van der Waals surface area contributed by atoms with E-state index in [9.17, 15) is 18.3 Å². The lowest BCUT2D eigenvalue weighted by Gasteiger charge is -2.12. The van der Waals surface area contributed by atoms with Gasteiger partial charge in [0.05, 0.1) is 15.1 Å². The van der Waals surface area contributed by atoms with Crippen molar-refractivity contribution < 1.29 is 18.3 Å². The Labute approximate surface area is 126 Å². The first-order valence-corrected chi connectivity index (χ1v) is 6.25. The normalized spacial score (nSPS) is 11.7. The van der Waals surface area contributed by atoms with Gasteiger partial charge in [0.1, 0.15) is 0 Å². The molecule has 2 nitrogen and oxygen atoms in total. The van der Waals surface area contributed by atoms with E-state index in [0.717, 1.165) is 6.20 Å². The third-order valence-electron chi connectivity index (χ3n) is 2.49. The molecule has 106 valence electrons. The number of pyridine rings is 1. The summed E-state index contributed by atoms with van der Waals surface area (Å²) in [4.78, 5) is 3.13. The summed E-state index contributed by atoms with van der Waals surface area (Å²) in [5.74, 6) is -0.991. The Morgan fingerprint density at radius 2 is 1.60 bits per heavy atom. The highest BCUT2D eigenvalue weighted by Gasteiger charge is 2.36. The number of hydrogen-bond donors (Lipinski definition) is 1. The Balaban J connectivity index is 2.66. The molecular weight excluding hydrogens is 337 g/mol. The summed E-state index contributed by atoms with van der Waals surface area (Å²) < 4.78 is 38.0. The second-order valence-corrected chi connectivity index (χ2v) is 5.00. The summed E-state index contributed by atoms with van der Waals surface area (Å²) in [6.07, 6.45) is -3.82. The van der Waals surface area contributed by atoms with E-state index in [-0.39, 0.29) is 26.2 Å². The van der Waals surface area contributed by atoms with Gasteiger partial charge < -0.3 is 5.11 Å². The van der Waals surface area contributed by atoms with E-state index in [1.54, 1.807) is 0 Å². The van der Waals surface area contributed by atoms with Crippen molar-refractivity contribution >= 4 is 34.8 Å². The van der Waals surface area contributed by atoms with Crippen LogP contribution >= 0.6 is 34.8 Å². The van der Waals surface area contributed by atoms with Crippen LogP contribution in [0.3, 0.4) is 0 Å². The molecule has 2 aromatic rings. The molecule has 0 aliphatic heterocycles. The number of nitrogens with zero attached hydrogens (tertiary/aromatic N) is 1. The maximum atomic E-state index is 12.7. The summed E-state index contributed by atoms with van der Waals surface area (Å²) in [5.41, 5.74) is -1.26. The first kappa shape index (κ1) is 15.2. The molecule has 1 N–H and O–H groups in total. The van der Waals surface area contributed by atoms with Gasteiger partial charge in [-0.15, -0.1) is 0 Å². The van der Waals surface area contributed by atoms with Gasteiger partial charge >= 0.3 is 6.18 Å². The van der Waals surface area contributed by atoms with Crippen molar-refractivity contribution in [2.45, 2.75) is 6.18 Å². The minimum atomic E-state index is -4.76. The van der Waals surface area contributed by atoms with Crippen LogP contribution in [0.5, 0.6) is 5.75 Å². The molecular formula is C12H5Cl3F3NO. The molecule has 0 spiro atoms. The fourth-order valence-corrected chi connectivity index (χ4v) is 2.20. The van der Waals surface area contributed by atoms with Crippen LogP contribution in [-0.2, 0) is 6.18 Å². The maximum absolute atomic E-state index is 12.7. The number of alkyl halides is 3. The van der Waals surface area contributed by atoms with Crippen LogP contribution in [0.4, 0.5) is 13.2 Å². The number of halogens is 6. The number of aromatic hydroxyl groups is 1. The zero-order valence-corrected chi connectivity index (χ0v) is 11.7. The van der Waals surface area contributed by atoms with Crippen LogP contribution in [0.2, 0.25) is 15.1 Å². The first-order valence-electron chi connectivity index (χ1n) is 5.12. The minimum Gasteiger partial charge on any atom is -0.505 e. The van der Waals surface area contributed by atoms with Gasteiger partial charge in [-0.3, -0.25) is 0 Å². The van der Waals surface area contributed by atoms with Crippen LogP contribution in [0, 0.1) is 0 Å². The largest absolute Gasteiger partial charge is 0.505 e. The highest BCUT2D eigenvalue weighted by Crippen LogP contribution is 2.42. The topological polar surface area (TPSA) is 33.1 Å². The second kappa shape index (κ2) is 5.31. The third kappa shape index (κ3) is 2.80. The second-order valence-electron chi connectivity index (χ2n) is 3.81. The number of aromatic nitrogens is 1. The Morgan fingerprint density at radius 1 is 1.05 bits per heavy atom. The molecule has 2 rings (SSSR count). The quantitative estimate of drug-likeness (QED) is 0.701. The molecule has 1 aromatic heterocycles. The zero-order chi connectivity index (χ0) is 15.1. The average Bonchev–Trinajstić information content (AvgIpc) is 2.34. The number of rotatable bonds is 1. The fraction of sp³-hybridized carbons (Fsp3) is 0.0833. The zero-order valence-electron chi connectivity index (χ0n) is 9.47. The molecule has 0 amide bonds. The molecule has 0 bridgehead atoms. The first-order chi connectivity index (χ1) is 9.21. The molecule has 0 saturated carbocycles. The molecule has 0 unspecified atom stereocenters. The lowest BCUT2D eigenvalue weighted by Crippen LogP contribution is -2.08. The van der Waals surface area contributed by atoms with Crippen molar-refractivity contribution in [1.29, 1.82) is 0 Å². The molecule has 20 heavy (non-hydrogen) atoms. The molecule has 1 heterocycles.